The van der Waals surface area contributed by atoms with Crippen molar-refractivity contribution in [1.82, 2.24) is 4.98 Å². The Morgan fingerprint density at radius 2 is 0.887 bits per heavy atom. The molecule has 0 atom stereocenters. The van der Waals surface area contributed by atoms with E-state index in [1.165, 1.54) is 31.8 Å². The lowest BCUT2D eigenvalue weighted by atomic mass is 9.94. The first-order valence-electron chi connectivity index (χ1n) is 20.8. The molecular weight excluding hydrogens is 771 g/mol. The summed E-state index contributed by atoms with van der Waals surface area (Å²) in [4.78, 5) is 16.9. The van der Waals surface area contributed by atoms with E-state index in [-0.39, 0.29) is 0 Å². The first-order chi connectivity index (χ1) is 30.6. The smallest absolute Gasteiger partial charge is 0.160 e. The highest BCUT2D eigenvalue weighted by Crippen LogP contribution is 2.50. The monoisotopic (exact) mass is 811 g/mol. The van der Waals surface area contributed by atoms with E-state index in [9.17, 15) is 0 Å². The van der Waals surface area contributed by atoms with Crippen LogP contribution in [0.25, 0.3) is 81.8 Å². The zero-order valence-electron chi connectivity index (χ0n) is 34.2. The first-order valence-corrected chi connectivity index (χ1v) is 21.6. The van der Waals surface area contributed by atoms with E-state index in [0.29, 0.717) is 11.5 Å². The number of aliphatic imine (C=N–C) groups is 2. The van der Waals surface area contributed by atoms with E-state index in [1.54, 1.807) is 0 Å². The number of pyridine rings is 1. The Labute approximate surface area is 366 Å². The van der Waals surface area contributed by atoms with E-state index in [0.717, 1.165) is 66.6 Å². The summed E-state index contributed by atoms with van der Waals surface area (Å²) < 4.78 is 1.23. The number of amidine groups is 1. The molecule has 4 heteroatoms. The second kappa shape index (κ2) is 17.1. The maximum Gasteiger partial charge on any atom is 0.160 e. The minimum atomic E-state index is 0.598. The molecule has 0 unspecified atom stereocenters. The Hall–Kier alpha value is -7.79. The van der Waals surface area contributed by atoms with Crippen LogP contribution in [0.3, 0.4) is 0 Å². The number of para-hydroxylation sites is 1. The summed E-state index contributed by atoms with van der Waals surface area (Å²) in [5.74, 6) is 0.598. The van der Waals surface area contributed by atoms with Gasteiger partial charge in [-0.15, -0.1) is 11.3 Å². The van der Waals surface area contributed by atoms with Crippen molar-refractivity contribution < 1.29 is 0 Å². The van der Waals surface area contributed by atoms with Gasteiger partial charge in [-0.1, -0.05) is 219 Å². The Balaban J connectivity index is 1.05. The van der Waals surface area contributed by atoms with Crippen LogP contribution in [0.2, 0.25) is 0 Å². The maximum absolute atomic E-state index is 5.38. The highest BCUT2D eigenvalue weighted by Gasteiger charge is 2.22. The number of hydrogen-bond acceptors (Lipinski definition) is 3. The van der Waals surface area contributed by atoms with E-state index in [2.05, 4.69) is 213 Å². The van der Waals surface area contributed by atoms with E-state index >= 15 is 0 Å². The lowest BCUT2D eigenvalue weighted by molar-refractivity contribution is 1.41. The lowest BCUT2D eigenvalue weighted by Gasteiger charge is -2.12. The Morgan fingerprint density at radius 1 is 0.435 bits per heavy atom. The second-order valence-corrected chi connectivity index (χ2v) is 16.3. The molecule has 0 aliphatic heterocycles. The molecule has 62 heavy (non-hydrogen) atoms. The molecule has 0 bridgehead atoms. The molecule has 10 aromatic rings. The van der Waals surface area contributed by atoms with Crippen molar-refractivity contribution in [2.24, 2.45) is 9.98 Å². The van der Waals surface area contributed by atoms with Crippen LogP contribution >= 0.6 is 11.3 Å². The van der Waals surface area contributed by atoms with Gasteiger partial charge in [0.05, 0.1) is 16.9 Å². The van der Waals surface area contributed by atoms with Crippen LogP contribution in [0.5, 0.6) is 0 Å². The average molecular weight is 812 g/mol. The zero-order valence-corrected chi connectivity index (χ0v) is 35.1. The molecule has 0 radical (unpaired) electrons. The van der Waals surface area contributed by atoms with Crippen LogP contribution in [0.15, 0.2) is 235 Å². The van der Waals surface area contributed by atoms with Crippen molar-refractivity contribution in [3.05, 3.63) is 242 Å². The number of hydrogen-bond donors (Lipinski definition) is 0. The molecule has 2 aromatic heterocycles. The van der Waals surface area contributed by atoms with Crippen molar-refractivity contribution in [2.45, 2.75) is 6.92 Å². The number of fused-ring (bicyclic) bond motifs is 3. The number of nitrogens with zero attached hydrogens (tertiary/aromatic N) is 3. The zero-order chi connectivity index (χ0) is 41.8. The molecule has 0 saturated carbocycles. The maximum atomic E-state index is 5.38. The number of rotatable bonds is 9. The number of thiophene rings is 1. The Bertz CT molecular complexity index is 3240. The van der Waals surface area contributed by atoms with Gasteiger partial charge in [0.2, 0.25) is 0 Å². The van der Waals surface area contributed by atoms with Gasteiger partial charge in [-0.2, -0.15) is 0 Å². The Kier molecular flexibility index (Phi) is 10.6. The van der Waals surface area contributed by atoms with Crippen LogP contribution in [0, 0.1) is 0 Å². The SMILES string of the molecule is C=C(N=C(N=C(C)c1ccc(-c2ccccc2)cc1)c1ccc(-c2ccccc2)cc1)c1ccc(-c2nc3ccccc3c3sc(-c4ccccc4)c(-c4ccccc4)c23)cc1. The van der Waals surface area contributed by atoms with Crippen LogP contribution in [-0.2, 0) is 0 Å². The molecule has 0 saturated heterocycles. The number of benzene rings is 8. The summed E-state index contributed by atoms with van der Waals surface area (Å²) in [5.41, 5.74) is 15.5. The molecule has 8 aromatic carbocycles. The highest BCUT2D eigenvalue weighted by molar-refractivity contribution is 7.24. The molecule has 0 aliphatic carbocycles. The molecule has 0 N–H and O–H groups in total. The fraction of sp³-hybridized carbons (Fsp3) is 0.0172. The minimum Gasteiger partial charge on any atom is -0.247 e. The van der Waals surface area contributed by atoms with Crippen LogP contribution in [0.4, 0.5) is 0 Å². The largest absolute Gasteiger partial charge is 0.247 e. The van der Waals surface area contributed by atoms with Gasteiger partial charge in [-0.3, -0.25) is 0 Å². The molecular formula is C58H41N3S. The molecule has 294 valence electrons. The quantitative estimate of drug-likeness (QED) is 0.106. The van der Waals surface area contributed by atoms with Crippen molar-refractivity contribution in [1.29, 1.82) is 0 Å². The van der Waals surface area contributed by atoms with Gasteiger partial charge in [0.25, 0.3) is 0 Å². The van der Waals surface area contributed by atoms with Crippen molar-refractivity contribution in [2.75, 3.05) is 0 Å². The normalized spacial score (nSPS) is 11.9. The minimum absolute atomic E-state index is 0.598. The van der Waals surface area contributed by atoms with Crippen molar-refractivity contribution in [3.63, 3.8) is 0 Å². The fourth-order valence-corrected chi connectivity index (χ4v) is 9.40. The van der Waals surface area contributed by atoms with Crippen LogP contribution in [0.1, 0.15) is 23.6 Å². The lowest BCUT2D eigenvalue weighted by Crippen LogP contribution is -2.04. The van der Waals surface area contributed by atoms with E-state index < -0.39 is 0 Å². The number of aromatic nitrogens is 1. The molecule has 0 spiro atoms. The summed E-state index contributed by atoms with van der Waals surface area (Å²) in [6, 6.07) is 76.2. The third-order valence-corrected chi connectivity index (χ3v) is 12.6. The van der Waals surface area contributed by atoms with Crippen molar-refractivity contribution >= 4 is 49.6 Å². The predicted molar refractivity (Wildman–Crippen MR) is 265 cm³/mol. The van der Waals surface area contributed by atoms with Gasteiger partial charge < -0.3 is 0 Å². The summed E-state index contributed by atoms with van der Waals surface area (Å²) in [5, 5.41) is 2.31. The fourth-order valence-electron chi connectivity index (χ4n) is 8.04. The standard InChI is InChI=1S/C58H41N3S/c1-39(41-27-31-45(32-28-41)43-17-7-3-8-18-43)59-58(50-37-33-46(34-38-50)44-19-9-4-10-20-44)60-40(2)42-29-35-48(36-30-42)55-54-53(47-21-11-5-12-22-47)56(49-23-13-6-14-24-49)62-57(54)51-25-15-16-26-52(51)61-55/h3-38H,2H2,1H3. The van der Waals surface area contributed by atoms with E-state index in [4.69, 9.17) is 15.0 Å². The van der Waals surface area contributed by atoms with Gasteiger partial charge in [0.15, 0.2) is 5.84 Å². The molecule has 0 amide bonds. The van der Waals surface area contributed by atoms with Gasteiger partial charge in [-0.05, 0) is 57.5 Å². The summed E-state index contributed by atoms with van der Waals surface area (Å²) in [6.07, 6.45) is 0. The van der Waals surface area contributed by atoms with Gasteiger partial charge >= 0.3 is 0 Å². The summed E-state index contributed by atoms with van der Waals surface area (Å²) in [7, 11) is 0. The van der Waals surface area contributed by atoms with Gasteiger partial charge in [-0.25, -0.2) is 15.0 Å². The molecule has 0 aliphatic rings. The van der Waals surface area contributed by atoms with Gasteiger partial charge in [0.1, 0.15) is 0 Å². The Morgan fingerprint density at radius 3 is 1.47 bits per heavy atom. The average Bonchev–Trinajstić information content (AvgIpc) is 3.76. The highest BCUT2D eigenvalue weighted by atomic mass is 32.1. The summed E-state index contributed by atoms with van der Waals surface area (Å²) >= 11 is 1.84. The first kappa shape index (κ1) is 38.4. The third kappa shape index (κ3) is 7.72. The molecule has 0 fully saturated rings. The van der Waals surface area contributed by atoms with Crippen LogP contribution in [-0.4, -0.2) is 16.5 Å². The topological polar surface area (TPSA) is 37.6 Å². The molecule has 3 nitrogen and oxygen atoms in total. The van der Waals surface area contributed by atoms with Crippen LogP contribution < -0.4 is 0 Å². The molecule has 2 heterocycles. The third-order valence-electron chi connectivity index (χ3n) is 11.3. The van der Waals surface area contributed by atoms with Gasteiger partial charge in [0, 0.05) is 42.8 Å². The predicted octanol–water partition coefficient (Wildman–Crippen LogP) is 15.7. The van der Waals surface area contributed by atoms with E-state index in [1.807, 2.05) is 30.4 Å². The second-order valence-electron chi connectivity index (χ2n) is 15.3. The molecule has 10 rings (SSSR count). The van der Waals surface area contributed by atoms with Crippen molar-refractivity contribution in [3.8, 4) is 55.1 Å². The summed E-state index contributed by atoms with van der Waals surface area (Å²) in [6.45, 7) is 6.53.